The Morgan fingerprint density at radius 2 is 1.71 bits per heavy atom. The van der Waals surface area contributed by atoms with Gasteiger partial charge in [0.1, 0.15) is 11.9 Å². The van der Waals surface area contributed by atoms with Crippen LogP contribution < -0.4 is 5.32 Å². The van der Waals surface area contributed by atoms with Crippen LogP contribution in [-0.4, -0.2) is 35.8 Å². The second-order valence-corrected chi connectivity index (χ2v) is 8.56. The predicted molar refractivity (Wildman–Crippen MR) is 127 cm³/mol. The van der Waals surface area contributed by atoms with E-state index < -0.39 is 23.7 Å². The molecule has 1 atom stereocenters. The van der Waals surface area contributed by atoms with Gasteiger partial charge in [-0.05, 0) is 59.0 Å². The number of carbonyl (C=O) groups excluding carboxylic acids is 3. The molecule has 0 radical (unpaired) electrons. The molecule has 34 heavy (non-hydrogen) atoms. The van der Waals surface area contributed by atoms with Crippen LogP contribution >= 0.6 is 0 Å². The molecule has 1 aliphatic heterocycles. The van der Waals surface area contributed by atoms with Crippen LogP contribution in [0.2, 0.25) is 0 Å². The van der Waals surface area contributed by atoms with Gasteiger partial charge in [0.25, 0.3) is 11.8 Å². The highest BCUT2D eigenvalue weighted by Gasteiger charge is 2.38. The SMILES string of the molecule is COC(=O)[C@H](C(C)C)N1Cc2ccc(-c3ccc(NC(=O)c4cccc(F)c4)cc3)cc2C1=O. The number of fused-ring (bicyclic) bond motifs is 1. The van der Waals surface area contributed by atoms with E-state index in [1.54, 1.807) is 23.1 Å². The number of nitrogens with one attached hydrogen (secondary N) is 1. The van der Waals surface area contributed by atoms with Crippen molar-refractivity contribution in [2.75, 3.05) is 12.4 Å². The summed E-state index contributed by atoms with van der Waals surface area (Å²) >= 11 is 0. The molecule has 1 aliphatic rings. The largest absolute Gasteiger partial charge is 0.467 e. The molecule has 3 aromatic carbocycles. The zero-order chi connectivity index (χ0) is 24.4. The maximum atomic E-state index is 13.4. The predicted octanol–water partition coefficient (Wildman–Crippen LogP) is 4.90. The fraction of sp³-hybridized carbons (Fsp3) is 0.222. The number of anilines is 1. The van der Waals surface area contributed by atoms with Gasteiger partial charge in [0.15, 0.2) is 0 Å². The van der Waals surface area contributed by atoms with Gasteiger partial charge in [-0.25, -0.2) is 9.18 Å². The molecule has 0 saturated carbocycles. The molecule has 174 valence electrons. The highest BCUT2D eigenvalue weighted by Crippen LogP contribution is 2.32. The summed E-state index contributed by atoms with van der Waals surface area (Å²) in [6.07, 6.45) is 0. The van der Waals surface area contributed by atoms with Gasteiger partial charge in [-0.15, -0.1) is 0 Å². The Kier molecular flexibility index (Phi) is 6.45. The fourth-order valence-corrected chi connectivity index (χ4v) is 4.19. The van der Waals surface area contributed by atoms with Gasteiger partial charge in [-0.2, -0.15) is 0 Å². The van der Waals surface area contributed by atoms with Crippen LogP contribution in [0.5, 0.6) is 0 Å². The number of benzene rings is 3. The summed E-state index contributed by atoms with van der Waals surface area (Å²) in [5, 5.41) is 2.75. The summed E-state index contributed by atoms with van der Waals surface area (Å²) in [7, 11) is 1.33. The summed E-state index contributed by atoms with van der Waals surface area (Å²) in [5.41, 5.74) is 3.94. The molecule has 0 saturated heterocycles. The monoisotopic (exact) mass is 460 g/mol. The van der Waals surface area contributed by atoms with Crippen molar-refractivity contribution in [3.63, 3.8) is 0 Å². The number of hydrogen-bond acceptors (Lipinski definition) is 4. The molecule has 1 heterocycles. The number of rotatable bonds is 6. The first-order chi connectivity index (χ1) is 16.3. The van der Waals surface area contributed by atoms with Crippen molar-refractivity contribution >= 4 is 23.5 Å². The minimum atomic E-state index is -0.644. The first kappa shape index (κ1) is 23.2. The summed E-state index contributed by atoms with van der Waals surface area (Å²) in [4.78, 5) is 39.3. The lowest BCUT2D eigenvalue weighted by Crippen LogP contribution is -2.45. The maximum absolute atomic E-state index is 13.4. The lowest BCUT2D eigenvalue weighted by Gasteiger charge is -2.28. The zero-order valence-corrected chi connectivity index (χ0v) is 19.2. The van der Waals surface area contributed by atoms with Crippen molar-refractivity contribution in [3.05, 3.63) is 89.2 Å². The lowest BCUT2D eigenvalue weighted by atomic mass is 10.00. The average molecular weight is 461 g/mol. The van der Waals surface area contributed by atoms with Gasteiger partial charge < -0.3 is 15.0 Å². The number of esters is 1. The average Bonchev–Trinajstić information content (AvgIpc) is 3.14. The molecule has 4 rings (SSSR count). The molecule has 0 fully saturated rings. The Balaban J connectivity index is 1.52. The van der Waals surface area contributed by atoms with E-state index in [4.69, 9.17) is 4.74 Å². The molecule has 1 N–H and O–H groups in total. The number of methoxy groups -OCH3 is 1. The first-order valence-electron chi connectivity index (χ1n) is 11.0. The smallest absolute Gasteiger partial charge is 0.328 e. The van der Waals surface area contributed by atoms with Gasteiger partial charge in [-0.3, -0.25) is 9.59 Å². The van der Waals surface area contributed by atoms with Crippen LogP contribution in [-0.2, 0) is 16.1 Å². The molecular weight excluding hydrogens is 435 g/mol. The first-order valence-corrected chi connectivity index (χ1v) is 11.0. The van der Waals surface area contributed by atoms with Crippen molar-refractivity contribution in [2.24, 2.45) is 5.92 Å². The van der Waals surface area contributed by atoms with Gasteiger partial charge >= 0.3 is 5.97 Å². The standard InChI is InChI=1S/C27H25FN2O4/c1-16(2)24(27(33)34-3)30-15-20-8-7-18(14-23(20)26(30)32)17-9-11-22(12-10-17)29-25(31)19-5-4-6-21(28)13-19/h4-14,16,24H,15H2,1-3H3,(H,29,31)/t24-/m0/s1. The van der Waals surface area contributed by atoms with E-state index in [0.717, 1.165) is 16.7 Å². The quantitative estimate of drug-likeness (QED) is 0.531. The van der Waals surface area contributed by atoms with E-state index in [1.165, 1.54) is 25.3 Å². The van der Waals surface area contributed by atoms with E-state index >= 15 is 0 Å². The molecule has 0 unspecified atom stereocenters. The van der Waals surface area contributed by atoms with E-state index in [1.807, 2.05) is 44.2 Å². The number of ether oxygens (including phenoxy) is 1. The third kappa shape index (κ3) is 4.55. The molecule has 0 spiro atoms. The topological polar surface area (TPSA) is 75.7 Å². The summed E-state index contributed by atoms with van der Waals surface area (Å²) in [6, 6.07) is 17.7. The Bertz CT molecular complexity index is 1250. The van der Waals surface area contributed by atoms with Crippen molar-refractivity contribution in [2.45, 2.75) is 26.4 Å². The van der Waals surface area contributed by atoms with Crippen LogP contribution in [0.1, 0.15) is 40.1 Å². The number of hydrogen-bond donors (Lipinski definition) is 1. The summed E-state index contributed by atoms with van der Waals surface area (Å²) < 4.78 is 18.3. The highest BCUT2D eigenvalue weighted by molar-refractivity contribution is 6.04. The number of amides is 2. The molecule has 3 aromatic rings. The lowest BCUT2D eigenvalue weighted by molar-refractivity contribution is -0.147. The van der Waals surface area contributed by atoms with Gasteiger partial charge in [0.05, 0.1) is 7.11 Å². The van der Waals surface area contributed by atoms with E-state index in [9.17, 15) is 18.8 Å². The highest BCUT2D eigenvalue weighted by atomic mass is 19.1. The Labute approximate surface area is 197 Å². The van der Waals surface area contributed by atoms with E-state index in [0.29, 0.717) is 17.8 Å². The Morgan fingerprint density at radius 3 is 2.35 bits per heavy atom. The molecule has 0 aromatic heterocycles. The van der Waals surface area contributed by atoms with Gasteiger partial charge in [0.2, 0.25) is 0 Å². The van der Waals surface area contributed by atoms with E-state index in [-0.39, 0.29) is 17.4 Å². The van der Waals surface area contributed by atoms with Crippen molar-refractivity contribution in [1.82, 2.24) is 4.90 Å². The van der Waals surface area contributed by atoms with Crippen LogP contribution in [0.15, 0.2) is 66.7 Å². The third-order valence-electron chi connectivity index (χ3n) is 5.91. The minimum Gasteiger partial charge on any atom is -0.467 e. The molecule has 0 aliphatic carbocycles. The zero-order valence-electron chi connectivity index (χ0n) is 19.2. The van der Waals surface area contributed by atoms with Crippen molar-refractivity contribution < 1.29 is 23.5 Å². The molecular formula is C27H25FN2O4. The second-order valence-electron chi connectivity index (χ2n) is 8.56. The van der Waals surface area contributed by atoms with Gasteiger partial charge in [-0.1, -0.05) is 44.2 Å². The Morgan fingerprint density at radius 1 is 1.00 bits per heavy atom. The summed E-state index contributed by atoms with van der Waals surface area (Å²) in [6.45, 7) is 4.13. The van der Waals surface area contributed by atoms with Crippen LogP contribution in [0.3, 0.4) is 0 Å². The van der Waals surface area contributed by atoms with Crippen LogP contribution in [0.25, 0.3) is 11.1 Å². The number of nitrogens with zero attached hydrogens (tertiary/aromatic N) is 1. The Hall–Kier alpha value is -4.00. The maximum Gasteiger partial charge on any atom is 0.328 e. The molecule has 0 bridgehead atoms. The van der Waals surface area contributed by atoms with Crippen LogP contribution in [0.4, 0.5) is 10.1 Å². The second kappa shape index (κ2) is 9.47. The van der Waals surface area contributed by atoms with Gasteiger partial charge in [0, 0.05) is 23.4 Å². The molecule has 7 heteroatoms. The van der Waals surface area contributed by atoms with E-state index in [2.05, 4.69) is 5.32 Å². The minimum absolute atomic E-state index is 0.0830. The summed E-state index contributed by atoms with van der Waals surface area (Å²) in [5.74, 6) is -1.58. The fourth-order valence-electron chi connectivity index (χ4n) is 4.19. The van der Waals surface area contributed by atoms with Crippen molar-refractivity contribution in [1.29, 1.82) is 0 Å². The normalized spacial score (nSPS) is 13.6. The molecule has 2 amide bonds. The van der Waals surface area contributed by atoms with Crippen LogP contribution in [0, 0.1) is 11.7 Å². The third-order valence-corrected chi connectivity index (χ3v) is 5.91. The number of halogens is 1. The molecule has 6 nitrogen and oxygen atoms in total. The van der Waals surface area contributed by atoms with Crippen molar-refractivity contribution in [3.8, 4) is 11.1 Å². The number of carbonyl (C=O) groups is 3.